The van der Waals surface area contributed by atoms with Crippen LogP contribution in [0, 0.1) is 0 Å². The van der Waals surface area contributed by atoms with E-state index in [0.717, 1.165) is 10.1 Å². The van der Waals surface area contributed by atoms with E-state index in [4.69, 9.17) is 9.47 Å². The lowest BCUT2D eigenvalue weighted by atomic mass is 10.2. The van der Waals surface area contributed by atoms with Crippen LogP contribution < -0.4 is 16.0 Å². The van der Waals surface area contributed by atoms with Crippen LogP contribution in [0.4, 0.5) is 4.79 Å². The van der Waals surface area contributed by atoms with Crippen LogP contribution in [0.1, 0.15) is 33.3 Å². The second-order valence-corrected chi connectivity index (χ2v) is 9.77. The van der Waals surface area contributed by atoms with Gasteiger partial charge in [-0.3, -0.25) is 13.9 Å². The minimum Gasteiger partial charge on any atom is -0.496 e. The topological polar surface area (TPSA) is 84.5 Å². The van der Waals surface area contributed by atoms with E-state index in [1.165, 1.54) is 16.2 Å². The average molecular weight is 528 g/mol. The van der Waals surface area contributed by atoms with Gasteiger partial charge in [0.25, 0.3) is 5.56 Å². The van der Waals surface area contributed by atoms with Crippen LogP contribution in [0.25, 0.3) is 21.9 Å². The smallest absolute Gasteiger partial charge is 0.419 e. The second-order valence-electron chi connectivity index (χ2n) is 8.92. The molecule has 0 fully saturated rings. The molecular weight excluding hydrogens is 502 g/mol. The molecule has 2 aromatic heterocycles. The van der Waals surface area contributed by atoms with Crippen LogP contribution in [0.15, 0.2) is 56.5 Å². The molecule has 2 heterocycles. The molecule has 4 aromatic rings. The van der Waals surface area contributed by atoms with E-state index in [9.17, 15) is 14.4 Å². The number of nitrogens with zero attached hydrogens (tertiary/aromatic N) is 3. The van der Waals surface area contributed by atoms with Crippen molar-refractivity contribution in [1.29, 1.82) is 0 Å². The van der Waals surface area contributed by atoms with Gasteiger partial charge in [0, 0.05) is 11.9 Å². The van der Waals surface area contributed by atoms with Gasteiger partial charge in [-0.15, -0.1) is 0 Å². The quantitative estimate of drug-likeness (QED) is 0.382. The number of rotatable bonds is 4. The molecular formula is C25H26BrN3O5. The van der Waals surface area contributed by atoms with Crippen molar-refractivity contribution in [2.24, 2.45) is 0 Å². The van der Waals surface area contributed by atoms with E-state index < -0.39 is 22.9 Å². The molecule has 0 spiro atoms. The lowest BCUT2D eigenvalue weighted by Gasteiger charge is -2.20. The van der Waals surface area contributed by atoms with E-state index in [-0.39, 0.29) is 18.6 Å². The van der Waals surface area contributed by atoms with Crippen molar-refractivity contribution in [3.63, 3.8) is 0 Å². The summed E-state index contributed by atoms with van der Waals surface area (Å²) in [5, 5.41) is 0.536. The van der Waals surface area contributed by atoms with Gasteiger partial charge in [-0.25, -0.2) is 14.2 Å². The predicted octanol–water partition coefficient (Wildman–Crippen LogP) is 4.74. The highest BCUT2D eigenvalue weighted by atomic mass is 79.9. The van der Waals surface area contributed by atoms with E-state index in [0.29, 0.717) is 26.6 Å². The minimum absolute atomic E-state index is 0.0850. The third-order valence-corrected chi connectivity index (χ3v) is 6.09. The molecule has 0 aliphatic carbocycles. The molecule has 0 aliphatic heterocycles. The monoisotopic (exact) mass is 527 g/mol. The molecule has 0 saturated carbocycles. The highest BCUT2D eigenvalue weighted by Gasteiger charge is 2.28. The Morgan fingerprint density at radius 2 is 1.71 bits per heavy atom. The Kier molecular flexibility index (Phi) is 6.16. The van der Waals surface area contributed by atoms with Gasteiger partial charge in [0.05, 0.1) is 29.2 Å². The van der Waals surface area contributed by atoms with Gasteiger partial charge in [0.15, 0.2) is 0 Å². The average Bonchev–Trinajstić information content (AvgIpc) is 3.10. The van der Waals surface area contributed by atoms with E-state index in [1.807, 2.05) is 30.3 Å². The van der Waals surface area contributed by atoms with Crippen molar-refractivity contribution in [3.05, 3.63) is 73.3 Å². The summed E-state index contributed by atoms with van der Waals surface area (Å²) >= 11 is 3.47. The van der Waals surface area contributed by atoms with Crippen LogP contribution in [0.3, 0.4) is 0 Å². The first-order valence-electron chi connectivity index (χ1n) is 10.9. The molecule has 4 rings (SSSR count). The molecule has 0 aliphatic rings. The zero-order valence-corrected chi connectivity index (χ0v) is 21.3. The van der Waals surface area contributed by atoms with Crippen LogP contribution >= 0.6 is 15.9 Å². The van der Waals surface area contributed by atoms with Gasteiger partial charge >= 0.3 is 11.8 Å². The molecule has 34 heavy (non-hydrogen) atoms. The summed E-state index contributed by atoms with van der Waals surface area (Å²) in [5.41, 5.74) is -0.0279. The zero-order chi connectivity index (χ0) is 24.8. The number of ether oxygens (including phenoxy) is 2. The third-order valence-electron chi connectivity index (χ3n) is 5.47. The summed E-state index contributed by atoms with van der Waals surface area (Å²) < 4.78 is 15.7. The highest BCUT2D eigenvalue weighted by Crippen LogP contribution is 2.35. The predicted molar refractivity (Wildman–Crippen MR) is 135 cm³/mol. The number of benzene rings is 2. The molecule has 0 radical (unpaired) electrons. The fraction of sp³-hybridized carbons (Fsp3) is 0.320. The molecule has 0 atom stereocenters. The minimum atomic E-state index is -0.786. The first kappa shape index (κ1) is 23.8. The van der Waals surface area contributed by atoms with Gasteiger partial charge in [-0.1, -0.05) is 30.3 Å². The Morgan fingerprint density at radius 1 is 1.03 bits per heavy atom. The first-order valence-corrected chi connectivity index (χ1v) is 11.7. The SMILES string of the molecule is CCn1c(=O)c2c(c3cc(OC)c(Br)cc3n2C(=O)OC(C)(C)C)n(Cc2ccccc2)c1=O. The maximum absolute atomic E-state index is 13.6. The molecule has 178 valence electrons. The molecule has 0 N–H and O–H groups in total. The fourth-order valence-electron chi connectivity index (χ4n) is 4.04. The van der Waals surface area contributed by atoms with Crippen LogP contribution in [0.2, 0.25) is 0 Å². The summed E-state index contributed by atoms with van der Waals surface area (Å²) in [6, 6.07) is 12.9. The normalized spacial score (nSPS) is 11.8. The number of carbonyl (C=O) groups is 1. The van der Waals surface area contributed by atoms with Gasteiger partial charge < -0.3 is 9.47 Å². The summed E-state index contributed by atoms with van der Waals surface area (Å²) in [4.78, 5) is 40.4. The molecule has 0 bridgehead atoms. The zero-order valence-electron chi connectivity index (χ0n) is 19.7. The Balaban J connectivity index is 2.21. The largest absolute Gasteiger partial charge is 0.496 e. The van der Waals surface area contributed by atoms with Crippen molar-refractivity contribution in [2.45, 2.75) is 46.4 Å². The molecule has 0 saturated heterocycles. The maximum atomic E-state index is 13.6. The van der Waals surface area contributed by atoms with E-state index in [2.05, 4.69) is 15.9 Å². The number of methoxy groups -OCH3 is 1. The van der Waals surface area contributed by atoms with Crippen molar-refractivity contribution >= 4 is 44.0 Å². The van der Waals surface area contributed by atoms with Crippen molar-refractivity contribution < 1.29 is 14.3 Å². The van der Waals surface area contributed by atoms with Gasteiger partial charge in [-0.2, -0.15) is 0 Å². The van der Waals surface area contributed by atoms with Gasteiger partial charge in [-0.05, 0) is 61.3 Å². The highest BCUT2D eigenvalue weighted by molar-refractivity contribution is 9.10. The lowest BCUT2D eigenvalue weighted by Crippen LogP contribution is -2.41. The molecule has 2 aromatic carbocycles. The number of fused-ring (bicyclic) bond motifs is 3. The third kappa shape index (κ3) is 4.04. The number of hydrogen-bond acceptors (Lipinski definition) is 5. The number of halogens is 1. The number of hydrogen-bond donors (Lipinski definition) is 0. The summed E-state index contributed by atoms with van der Waals surface area (Å²) in [7, 11) is 1.53. The standard InChI is InChI=1S/C25H26BrN3O5/c1-6-27-22(30)21-20(28(23(27)31)14-15-10-8-7-9-11-15)16-12-19(33-5)17(26)13-18(16)29(21)24(32)34-25(2,3)4/h7-13H,6,14H2,1-5H3. The molecule has 0 amide bonds. The fourth-order valence-corrected chi connectivity index (χ4v) is 4.54. The number of aromatic nitrogens is 3. The Hall–Kier alpha value is -3.33. The van der Waals surface area contributed by atoms with Crippen LogP contribution in [-0.2, 0) is 17.8 Å². The van der Waals surface area contributed by atoms with Crippen molar-refractivity contribution in [1.82, 2.24) is 13.7 Å². The summed E-state index contributed by atoms with van der Waals surface area (Å²) in [5.74, 6) is 0.508. The summed E-state index contributed by atoms with van der Waals surface area (Å²) in [6.45, 7) is 7.38. The second kappa shape index (κ2) is 8.79. The van der Waals surface area contributed by atoms with Crippen LogP contribution in [-0.4, -0.2) is 32.5 Å². The Labute approximate surface area is 204 Å². The van der Waals surface area contributed by atoms with Crippen LogP contribution in [0.5, 0.6) is 5.75 Å². The van der Waals surface area contributed by atoms with E-state index >= 15 is 0 Å². The Bertz CT molecular complexity index is 1520. The van der Waals surface area contributed by atoms with Gasteiger partial charge in [0.2, 0.25) is 0 Å². The number of carbonyl (C=O) groups excluding carboxylic acids is 1. The maximum Gasteiger partial charge on any atom is 0.419 e. The molecule has 9 heteroatoms. The first-order chi connectivity index (χ1) is 16.1. The Morgan fingerprint density at radius 3 is 2.29 bits per heavy atom. The van der Waals surface area contributed by atoms with E-state index in [1.54, 1.807) is 39.8 Å². The van der Waals surface area contributed by atoms with Crippen molar-refractivity contribution in [2.75, 3.05) is 7.11 Å². The molecule has 0 unspecified atom stereocenters. The van der Waals surface area contributed by atoms with Crippen molar-refractivity contribution in [3.8, 4) is 5.75 Å². The summed E-state index contributed by atoms with van der Waals surface area (Å²) in [6.07, 6.45) is -0.700. The van der Waals surface area contributed by atoms with Gasteiger partial charge in [0.1, 0.15) is 16.9 Å². The lowest BCUT2D eigenvalue weighted by molar-refractivity contribution is 0.0551. The molecule has 8 nitrogen and oxygen atoms in total.